The van der Waals surface area contributed by atoms with Gasteiger partial charge < -0.3 is 5.11 Å². The van der Waals surface area contributed by atoms with Gasteiger partial charge in [-0.15, -0.1) is 0 Å². The van der Waals surface area contributed by atoms with E-state index in [4.69, 9.17) is 10.3 Å². The number of hydrogen-bond donors (Lipinski definition) is 3. The molecule has 9 heteroatoms. The Balaban J connectivity index is 2.79. The molecule has 0 bridgehead atoms. The van der Waals surface area contributed by atoms with Gasteiger partial charge in [0, 0.05) is 5.56 Å². The minimum absolute atomic E-state index is 0.221. The minimum Gasteiger partial charge on any atom is -0.369 e. The monoisotopic (exact) mass is 281 g/mol. The Labute approximate surface area is 100 Å². The Bertz CT molecular complexity index is 498. The molecule has 0 amide bonds. The van der Waals surface area contributed by atoms with Gasteiger partial charge in [0.2, 0.25) is 0 Å². The standard InChI is InChI=1S/C8H11NO6S2/c9-8(10,7-4-2-1-3-5-7)6-15-17(13,14)16(11)12/h1-5,10H,6,9H2,(H,11,12). The zero-order chi connectivity index (χ0) is 13.1. The summed E-state index contributed by atoms with van der Waals surface area (Å²) in [5.74, 6) is 0. The maximum absolute atomic E-state index is 10.9. The first kappa shape index (κ1) is 14.2. The van der Waals surface area contributed by atoms with E-state index in [-0.39, 0.29) is 5.56 Å². The lowest BCUT2D eigenvalue weighted by atomic mass is 10.1. The molecule has 0 aliphatic heterocycles. The first-order chi connectivity index (χ1) is 7.76. The zero-order valence-electron chi connectivity index (χ0n) is 8.52. The third-order valence-electron chi connectivity index (χ3n) is 1.87. The second-order valence-corrected chi connectivity index (χ2v) is 6.74. The predicted octanol–water partition coefficient (Wildman–Crippen LogP) is -0.726. The smallest absolute Gasteiger partial charge is 0.369 e. The molecular formula is C8H11NO6S2. The number of benzene rings is 1. The molecule has 0 radical (unpaired) electrons. The largest absolute Gasteiger partial charge is 0.375 e. The summed E-state index contributed by atoms with van der Waals surface area (Å²) in [6.45, 7) is -0.856. The molecule has 0 aliphatic rings. The summed E-state index contributed by atoms with van der Waals surface area (Å²) in [4.78, 5) is 0. The Morgan fingerprint density at radius 3 is 2.35 bits per heavy atom. The number of aliphatic hydroxyl groups is 1. The fraction of sp³-hybridized carbons (Fsp3) is 0.250. The first-order valence-corrected chi connectivity index (χ1v) is 7.36. The van der Waals surface area contributed by atoms with Crippen LogP contribution in [-0.4, -0.2) is 28.9 Å². The van der Waals surface area contributed by atoms with E-state index < -0.39 is 31.6 Å². The summed E-state index contributed by atoms with van der Waals surface area (Å²) >= 11 is 0. The average Bonchev–Trinajstić information content (AvgIpc) is 2.28. The van der Waals surface area contributed by atoms with Gasteiger partial charge in [-0.2, -0.15) is 8.42 Å². The summed E-state index contributed by atoms with van der Waals surface area (Å²) < 4.78 is 44.6. The normalized spacial score (nSPS) is 17.4. The molecule has 17 heavy (non-hydrogen) atoms. The van der Waals surface area contributed by atoms with Crippen LogP contribution < -0.4 is 5.73 Å². The SMILES string of the molecule is NC(O)(COS(=O)(=O)S(=O)O)c1ccccc1. The molecule has 96 valence electrons. The van der Waals surface area contributed by atoms with Crippen molar-refractivity contribution in [3.8, 4) is 0 Å². The highest BCUT2D eigenvalue weighted by Crippen LogP contribution is 2.16. The Kier molecular flexibility index (Phi) is 4.36. The Hall–Kier alpha value is -0.840. The predicted molar refractivity (Wildman–Crippen MR) is 60.2 cm³/mol. The molecular weight excluding hydrogens is 270 g/mol. The van der Waals surface area contributed by atoms with Crippen molar-refractivity contribution in [2.45, 2.75) is 5.72 Å². The second kappa shape index (κ2) is 5.21. The van der Waals surface area contributed by atoms with Crippen LogP contribution in [0.5, 0.6) is 0 Å². The molecule has 1 rings (SSSR count). The molecule has 0 aromatic heterocycles. The van der Waals surface area contributed by atoms with Crippen molar-refractivity contribution in [2.24, 2.45) is 5.73 Å². The van der Waals surface area contributed by atoms with E-state index >= 15 is 0 Å². The molecule has 0 aliphatic carbocycles. The van der Waals surface area contributed by atoms with Crippen molar-refractivity contribution in [2.75, 3.05) is 6.61 Å². The van der Waals surface area contributed by atoms with Gasteiger partial charge in [0.05, 0.1) is 0 Å². The van der Waals surface area contributed by atoms with Crippen LogP contribution in [-0.2, 0) is 29.2 Å². The lowest BCUT2D eigenvalue weighted by Crippen LogP contribution is -2.42. The maximum Gasteiger partial charge on any atom is 0.375 e. The van der Waals surface area contributed by atoms with Crippen LogP contribution in [0, 0.1) is 0 Å². The minimum atomic E-state index is -4.65. The van der Waals surface area contributed by atoms with E-state index in [2.05, 4.69) is 4.18 Å². The molecule has 4 N–H and O–H groups in total. The van der Waals surface area contributed by atoms with Gasteiger partial charge >= 0.3 is 19.3 Å². The topological polar surface area (TPSA) is 127 Å². The summed E-state index contributed by atoms with van der Waals surface area (Å²) in [6.07, 6.45) is 0. The highest BCUT2D eigenvalue weighted by molar-refractivity contribution is 8.59. The van der Waals surface area contributed by atoms with Crippen LogP contribution in [0.1, 0.15) is 5.56 Å². The highest BCUT2D eigenvalue weighted by Gasteiger charge is 2.29. The van der Waals surface area contributed by atoms with Gasteiger partial charge in [-0.05, 0) is 0 Å². The molecule has 2 unspecified atom stereocenters. The van der Waals surface area contributed by atoms with Gasteiger partial charge in [0.15, 0.2) is 5.72 Å². The van der Waals surface area contributed by atoms with E-state index in [1.807, 2.05) is 0 Å². The van der Waals surface area contributed by atoms with Crippen LogP contribution in [0.25, 0.3) is 0 Å². The molecule has 0 spiro atoms. The third-order valence-corrected chi connectivity index (χ3v) is 3.96. The molecule has 1 aromatic carbocycles. The molecule has 0 saturated heterocycles. The number of rotatable bonds is 5. The second-order valence-electron chi connectivity index (χ2n) is 3.18. The van der Waals surface area contributed by atoms with Crippen LogP contribution in [0.15, 0.2) is 30.3 Å². The van der Waals surface area contributed by atoms with E-state index in [1.54, 1.807) is 18.2 Å². The quantitative estimate of drug-likeness (QED) is 0.369. The third kappa shape index (κ3) is 3.84. The number of nitrogens with two attached hydrogens (primary N) is 1. The fourth-order valence-electron chi connectivity index (χ4n) is 1.01. The van der Waals surface area contributed by atoms with Crippen LogP contribution in [0.2, 0.25) is 0 Å². The van der Waals surface area contributed by atoms with E-state index in [0.717, 1.165) is 0 Å². The molecule has 1 aromatic rings. The molecule has 2 atom stereocenters. The Morgan fingerprint density at radius 1 is 1.35 bits per heavy atom. The summed E-state index contributed by atoms with van der Waals surface area (Å²) in [6, 6.07) is 7.79. The van der Waals surface area contributed by atoms with Gasteiger partial charge in [0.1, 0.15) is 6.61 Å². The summed E-state index contributed by atoms with van der Waals surface area (Å²) in [5, 5.41) is 9.74. The van der Waals surface area contributed by atoms with Crippen LogP contribution >= 0.6 is 0 Å². The van der Waals surface area contributed by atoms with Gasteiger partial charge in [0.25, 0.3) is 0 Å². The van der Waals surface area contributed by atoms with Crippen molar-refractivity contribution in [1.29, 1.82) is 0 Å². The van der Waals surface area contributed by atoms with E-state index in [0.29, 0.717) is 0 Å². The maximum atomic E-state index is 10.9. The lowest BCUT2D eigenvalue weighted by Gasteiger charge is -2.22. The van der Waals surface area contributed by atoms with Crippen molar-refractivity contribution < 1.29 is 26.5 Å². The first-order valence-electron chi connectivity index (χ1n) is 4.33. The molecule has 7 nitrogen and oxygen atoms in total. The van der Waals surface area contributed by atoms with Gasteiger partial charge in [-0.1, -0.05) is 30.3 Å². The van der Waals surface area contributed by atoms with Crippen molar-refractivity contribution in [3.05, 3.63) is 35.9 Å². The summed E-state index contributed by atoms with van der Waals surface area (Å²) in [7, 11) is -7.84. The molecule has 0 saturated carbocycles. The van der Waals surface area contributed by atoms with Crippen molar-refractivity contribution >= 4 is 19.3 Å². The Morgan fingerprint density at radius 2 is 1.88 bits per heavy atom. The molecule has 0 fully saturated rings. The van der Waals surface area contributed by atoms with Crippen molar-refractivity contribution in [3.63, 3.8) is 0 Å². The van der Waals surface area contributed by atoms with Crippen LogP contribution in [0.4, 0.5) is 0 Å². The lowest BCUT2D eigenvalue weighted by molar-refractivity contribution is -0.000950. The molecule has 0 heterocycles. The van der Waals surface area contributed by atoms with Gasteiger partial charge in [-0.25, -0.2) is 4.21 Å². The van der Waals surface area contributed by atoms with Crippen LogP contribution in [0.3, 0.4) is 0 Å². The highest BCUT2D eigenvalue weighted by atomic mass is 33.2. The van der Waals surface area contributed by atoms with Gasteiger partial charge in [-0.3, -0.25) is 14.5 Å². The zero-order valence-corrected chi connectivity index (χ0v) is 10.1. The average molecular weight is 281 g/mol. The van der Waals surface area contributed by atoms with E-state index in [9.17, 15) is 17.7 Å². The fourth-order valence-corrected chi connectivity index (χ4v) is 1.81. The van der Waals surface area contributed by atoms with E-state index in [1.165, 1.54) is 12.1 Å². The van der Waals surface area contributed by atoms with Crippen molar-refractivity contribution in [1.82, 2.24) is 0 Å². The number of hydrogen-bond acceptors (Lipinski definition) is 6. The summed E-state index contributed by atoms with van der Waals surface area (Å²) in [5.41, 5.74) is 3.59.